The number of rotatable bonds is 5. The van der Waals surface area contributed by atoms with E-state index in [0.717, 1.165) is 56.8 Å². The molecule has 0 spiro atoms. The molecule has 1 amide bonds. The quantitative estimate of drug-likeness (QED) is 0.623. The highest BCUT2D eigenvalue weighted by molar-refractivity contribution is 5.68. The minimum absolute atomic E-state index is 0.151. The summed E-state index contributed by atoms with van der Waals surface area (Å²) in [4.78, 5) is 13.9. The number of fused-ring (bicyclic) bond motifs is 2. The molecule has 0 aromatic heterocycles. The molecule has 4 heteroatoms. The number of likely N-dealkylation sites (tertiary alicyclic amines) is 1. The number of carbonyl (C=O) groups excluding carboxylic acids is 1. The Hall–Kier alpha value is -1.03. The first-order valence-electron chi connectivity index (χ1n) is 9.27. The Bertz CT molecular complexity index is 455. The van der Waals surface area contributed by atoms with E-state index in [2.05, 4.69) is 17.5 Å². The molecule has 3 rings (SSSR count). The number of allylic oxidation sites excluding steroid dienone is 2. The monoisotopic (exact) mass is 320 g/mol. The van der Waals surface area contributed by atoms with Crippen LogP contribution in [0.1, 0.15) is 46.5 Å². The molecule has 4 atom stereocenters. The second-order valence-electron chi connectivity index (χ2n) is 8.61. The Morgan fingerprint density at radius 3 is 2.78 bits per heavy atom. The van der Waals surface area contributed by atoms with Gasteiger partial charge in [0.1, 0.15) is 5.60 Å². The zero-order chi connectivity index (χ0) is 16.4. The van der Waals surface area contributed by atoms with Crippen LogP contribution < -0.4 is 5.32 Å². The summed E-state index contributed by atoms with van der Waals surface area (Å²) in [6.07, 6.45) is 9.72. The third kappa shape index (κ3) is 4.50. The zero-order valence-corrected chi connectivity index (χ0v) is 14.9. The normalized spacial score (nSPS) is 32.7. The van der Waals surface area contributed by atoms with Crippen molar-refractivity contribution < 1.29 is 9.53 Å². The van der Waals surface area contributed by atoms with Crippen LogP contribution in [0.3, 0.4) is 0 Å². The summed E-state index contributed by atoms with van der Waals surface area (Å²) in [5.74, 6) is 3.17. The molecule has 4 unspecified atom stereocenters. The molecule has 1 heterocycles. The molecule has 0 aromatic rings. The van der Waals surface area contributed by atoms with E-state index in [1.807, 2.05) is 25.7 Å². The van der Waals surface area contributed by atoms with Crippen molar-refractivity contribution in [2.24, 2.45) is 23.7 Å². The van der Waals surface area contributed by atoms with Gasteiger partial charge in [-0.05, 0) is 83.2 Å². The van der Waals surface area contributed by atoms with Crippen molar-refractivity contribution in [1.82, 2.24) is 10.2 Å². The SMILES string of the molecule is CC(C)(C)OC(=O)N1CCC(CCNCC2CC3C=CC2C3)C1. The maximum atomic E-state index is 12.1. The van der Waals surface area contributed by atoms with Crippen molar-refractivity contribution in [3.63, 3.8) is 0 Å². The van der Waals surface area contributed by atoms with E-state index < -0.39 is 5.60 Å². The second-order valence-corrected chi connectivity index (χ2v) is 8.61. The van der Waals surface area contributed by atoms with Gasteiger partial charge in [-0.1, -0.05) is 12.2 Å². The molecule has 23 heavy (non-hydrogen) atoms. The standard InChI is InChI=1S/C19H32N2O2/c1-19(2,3)23-18(22)21-9-7-14(13-21)6-8-20-12-17-11-15-4-5-16(17)10-15/h4-5,14-17,20H,6-13H2,1-3H3. The fourth-order valence-electron chi connectivity index (χ4n) is 4.28. The van der Waals surface area contributed by atoms with Gasteiger partial charge >= 0.3 is 6.09 Å². The zero-order valence-electron chi connectivity index (χ0n) is 14.9. The third-order valence-electron chi connectivity index (χ3n) is 5.49. The Balaban J connectivity index is 1.30. The second kappa shape index (κ2) is 6.84. The van der Waals surface area contributed by atoms with Crippen molar-refractivity contribution in [3.05, 3.63) is 12.2 Å². The van der Waals surface area contributed by atoms with E-state index in [9.17, 15) is 4.79 Å². The Kier molecular flexibility index (Phi) is 5.00. The predicted octanol–water partition coefficient (Wildman–Crippen LogP) is 3.44. The summed E-state index contributed by atoms with van der Waals surface area (Å²) >= 11 is 0. The number of ether oxygens (including phenoxy) is 1. The number of nitrogens with one attached hydrogen (secondary N) is 1. The van der Waals surface area contributed by atoms with Gasteiger partial charge in [0.05, 0.1) is 0 Å². The topological polar surface area (TPSA) is 41.6 Å². The Morgan fingerprint density at radius 2 is 2.13 bits per heavy atom. The molecule has 0 radical (unpaired) electrons. The number of hydrogen-bond donors (Lipinski definition) is 1. The predicted molar refractivity (Wildman–Crippen MR) is 92.2 cm³/mol. The fraction of sp³-hybridized carbons (Fsp3) is 0.842. The minimum Gasteiger partial charge on any atom is -0.444 e. The first-order valence-corrected chi connectivity index (χ1v) is 9.27. The smallest absolute Gasteiger partial charge is 0.410 e. The molecular formula is C19H32N2O2. The van der Waals surface area contributed by atoms with Gasteiger partial charge in [-0.25, -0.2) is 4.79 Å². The molecule has 2 fully saturated rings. The summed E-state index contributed by atoms with van der Waals surface area (Å²) in [6, 6.07) is 0. The fourth-order valence-corrected chi connectivity index (χ4v) is 4.28. The van der Waals surface area contributed by atoms with Gasteiger partial charge < -0.3 is 15.0 Å². The highest BCUT2D eigenvalue weighted by Gasteiger charge is 2.35. The van der Waals surface area contributed by atoms with E-state index in [0.29, 0.717) is 5.92 Å². The van der Waals surface area contributed by atoms with Gasteiger partial charge in [0.2, 0.25) is 0 Å². The Labute approximate surface area is 140 Å². The average molecular weight is 320 g/mol. The molecule has 4 nitrogen and oxygen atoms in total. The van der Waals surface area contributed by atoms with E-state index in [-0.39, 0.29) is 6.09 Å². The van der Waals surface area contributed by atoms with E-state index in [1.165, 1.54) is 12.8 Å². The van der Waals surface area contributed by atoms with E-state index >= 15 is 0 Å². The molecule has 0 aromatic carbocycles. The van der Waals surface area contributed by atoms with Crippen molar-refractivity contribution in [2.75, 3.05) is 26.2 Å². The van der Waals surface area contributed by atoms with Gasteiger partial charge in [0, 0.05) is 13.1 Å². The van der Waals surface area contributed by atoms with Crippen molar-refractivity contribution in [3.8, 4) is 0 Å². The van der Waals surface area contributed by atoms with Crippen LogP contribution in [0, 0.1) is 23.7 Å². The molecule has 1 aliphatic heterocycles. The van der Waals surface area contributed by atoms with E-state index in [1.54, 1.807) is 0 Å². The summed E-state index contributed by atoms with van der Waals surface area (Å²) in [5.41, 5.74) is -0.397. The minimum atomic E-state index is -0.397. The van der Waals surface area contributed by atoms with Crippen LogP contribution >= 0.6 is 0 Å². The Morgan fingerprint density at radius 1 is 1.30 bits per heavy atom. The molecular weight excluding hydrogens is 288 g/mol. The maximum Gasteiger partial charge on any atom is 0.410 e. The van der Waals surface area contributed by atoms with Crippen LogP contribution in [0.2, 0.25) is 0 Å². The first kappa shape index (κ1) is 16.8. The van der Waals surface area contributed by atoms with Crippen LogP contribution in [0.25, 0.3) is 0 Å². The highest BCUT2D eigenvalue weighted by Crippen LogP contribution is 2.42. The summed E-state index contributed by atoms with van der Waals surface area (Å²) in [7, 11) is 0. The third-order valence-corrected chi connectivity index (χ3v) is 5.49. The summed E-state index contributed by atoms with van der Waals surface area (Å²) in [6.45, 7) is 9.70. The van der Waals surface area contributed by atoms with Gasteiger partial charge in [-0.15, -0.1) is 0 Å². The van der Waals surface area contributed by atoms with Crippen LogP contribution in [0.4, 0.5) is 4.79 Å². The molecule has 1 saturated carbocycles. The molecule has 2 bridgehead atoms. The molecule has 130 valence electrons. The van der Waals surface area contributed by atoms with Gasteiger partial charge in [-0.2, -0.15) is 0 Å². The summed E-state index contributed by atoms with van der Waals surface area (Å²) < 4.78 is 5.46. The van der Waals surface area contributed by atoms with Gasteiger partial charge in [-0.3, -0.25) is 0 Å². The number of hydrogen-bond acceptors (Lipinski definition) is 3. The largest absolute Gasteiger partial charge is 0.444 e. The lowest BCUT2D eigenvalue weighted by molar-refractivity contribution is 0.0287. The van der Waals surface area contributed by atoms with Crippen LogP contribution in [-0.4, -0.2) is 42.8 Å². The van der Waals surface area contributed by atoms with Crippen molar-refractivity contribution in [1.29, 1.82) is 0 Å². The maximum absolute atomic E-state index is 12.1. The number of carbonyl (C=O) groups is 1. The summed E-state index contributed by atoms with van der Waals surface area (Å²) in [5, 5.41) is 3.65. The molecule has 2 aliphatic carbocycles. The van der Waals surface area contributed by atoms with Crippen molar-refractivity contribution in [2.45, 2.75) is 52.1 Å². The molecule has 1 saturated heterocycles. The lowest BCUT2D eigenvalue weighted by atomic mass is 9.93. The lowest BCUT2D eigenvalue weighted by Gasteiger charge is -2.24. The average Bonchev–Trinajstić information content (AvgIpc) is 3.17. The van der Waals surface area contributed by atoms with Crippen molar-refractivity contribution >= 4 is 6.09 Å². The highest BCUT2D eigenvalue weighted by atomic mass is 16.6. The number of nitrogens with zero attached hydrogens (tertiary/aromatic N) is 1. The lowest BCUT2D eigenvalue weighted by Crippen LogP contribution is -2.35. The van der Waals surface area contributed by atoms with Crippen LogP contribution in [-0.2, 0) is 4.74 Å². The molecule has 3 aliphatic rings. The molecule has 1 N–H and O–H groups in total. The van der Waals surface area contributed by atoms with Crippen LogP contribution in [0.5, 0.6) is 0 Å². The van der Waals surface area contributed by atoms with Gasteiger partial charge in [0.25, 0.3) is 0 Å². The van der Waals surface area contributed by atoms with E-state index in [4.69, 9.17) is 4.74 Å². The number of amides is 1. The van der Waals surface area contributed by atoms with Crippen LogP contribution in [0.15, 0.2) is 12.2 Å². The van der Waals surface area contributed by atoms with Gasteiger partial charge in [0.15, 0.2) is 0 Å². The first-order chi connectivity index (χ1) is 10.9.